The minimum absolute atomic E-state index is 0. The van der Waals surface area contributed by atoms with Crippen LogP contribution in [0.4, 0.5) is 0 Å². The van der Waals surface area contributed by atoms with Crippen molar-refractivity contribution in [1.29, 1.82) is 0 Å². The lowest BCUT2D eigenvalue weighted by molar-refractivity contribution is -0.133. The van der Waals surface area contributed by atoms with Crippen LogP contribution in [0.2, 0.25) is 0 Å². The number of carbonyl (C=O) groups is 1. The molecule has 1 aliphatic heterocycles. The molecule has 0 aromatic carbocycles. The Labute approximate surface area is 137 Å². The second-order valence-electron chi connectivity index (χ2n) is 4.74. The highest BCUT2D eigenvalue weighted by Gasteiger charge is 2.25. The number of nitrogens with zero attached hydrogens (tertiary/aromatic N) is 2. The third kappa shape index (κ3) is 4.88. The van der Waals surface area contributed by atoms with Crippen molar-refractivity contribution in [3.63, 3.8) is 0 Å². The number of likely N-dealkylation sites (tertiary alicyclic amines) is 1. The molecular weight excluding hydrogens is 317 g/mol. The minimum Gasteiger partial charge on any atom is -0.338 e. The highest BCUT2D eigenvalue weighted by atomic mass is 35.5. The van der Waals surface area contributed by atoms with Gasteiger partial charge < -0.3 is 10.6 Å². The molecule has 2 N–H and O–H groups in total. The van der Waals surface area contributed by atoms with Crippen LogP contribution in [-0.4, -0.2) is 34.9 Å². The summed E-state index contributed by atoms with van der Waals surface area (Å²) in [7, 11) is 0. The van der Waals surface area contributed by atoms with Gasteiger partial charge in [-0.05, 0) is 25.7 Å². The zero-order chi connectivity index (χ0) is 13.0. The SMILES string of the molecule is CCc1nc(CC(=O)N2CCCCC2CN)cs1.Cl.Cl. The van der Waals surface area contributed by atoms with Gasteiger partial charge in [0, 0.05) is 24.5 Å². The molecule has 1 amide bonds. The molecular formula is C13H23Cl2N3OS. The summed E-state index contributed by atoms with van der Waals surface area (Å²) in [6.45, 7) is 3.51. The molecule has 116 valence electrons. The van der Waals surface area contributed by atoms with Crippen LogP contribution in [0, 0.1) is 0 Å². The van der Waals surface area contributed by atoms with Gasteiger partial charge in [-0.3, -0.25) is 4.79 Å². The fourth-order valence-electron chi connectivity index (χ4n) is 2.42. The van der Waals surface area contributed by atoms with Gasteiger partial charge in [-0.1, -0.05) is 6.92 Å². The van der Waals surface area contributed by atoms with Crippen LogP contribution in [0.5, 0.6) is 0 Å². The third-order valence-electron chi connectivity index (χ3n) is 3.45. The molecule has 1 aromatic heterocycles. The fraction of sp³-hybridized carbons (Fsp3) is 0.692. The van der Waals surface area contributed by atoms with Crippen LogP contribution < -0.4 is 5.73 Å². The molecule has 2 rings (SSSR count). The lowest BCUT2D eigenvalue weighted by Gasteiger charge is -2.35. The molecule has 0 bridgehead atoms. The van der Waals surface area contributed by atoms with Crippen molar-refractivity contribution in [3.05, 3.63) is 16.1 Å². The molecule has 0 radical (unpaired) electrons. The molecule has 1 aromatic rings. The largest absolute Gasteiger partial charge is 0.338 e. The lowest BCUT2D eigenvalue weighted by atomic mass is 10.0. The van der Waals surface area contributed by atoms with E-state index in [0.29, 0.717) is 13.0 Å². The Bertz CT molecular complexity index is 414. The van der Waals surface area contributed by atoms with Crippen LogP contribution in [0.1, 0.15) is 36.9 Å². The summed E-state index contributed by atoms with van der Waals surface area (Å²) in [6, 6.07) is 0.232. The molecule has 4 nitrogen and oxygen atoms in total. The second-order valence-corrected chi connectivity index (χ2v) is 5.68. The van der Waals surface area contributed by atoms with E-state index in [9.17, 15) is 4.79 Å². The van der Waals surface area contributed by atoms with Gasteiger partial charge in [0.1, 0.15) is 0 Å². The van der Waals surface area contributed by atoms with E-state index in [1.165, 1.54) is 6.42 Å². The standard InChI is InChI=1S/C13H21N3OS.2ClH/c1-2-12-15-10(9-18-12)7-13(17)16-6-4-3-5-11(16)8-14;;/h9,11H,2-8,14H2,1H3;2*1H. The van der Waals surface area contributed by atoms with E-state index < -0.39 is 0 Å². The summed E-state index contributed by atoms with van der Waals surface area (Å²) < 4.78 is 0. The van der Waals surface area contributed by atoms with Crippen molar-refractivity contribution in [3.8, 4) is 0 Å². The van der Waals surface area contributed by atoms with Gasteiger partial charge in [0.15, 0.2) is 0 Å². The first kappa shape index (κ1) is 19.6. The topological polar surface area (TPSA) is 59.2 Å². The number of nitrogens with two attached hydrogens (primary N) is 1. The molecule has 0 aliphatic carbocycles. The maximum absolute atomic E-state index is 12.3. The predicted octanol–water partition coefficient (Wildman–Crippen LogP) is 2.43. The van der Waals surface area contributed by atoms with Gasteiger partial charge in [-0.25, -0.2) is 4.98 Å². The Morgan fingerprint density at radius 2 is 2.25 bits per heavy atom. The van der Waals surface area contributed by atoms with Gasteiger partial charge in [0.05, 0.1) is 17.1 Å². The van der Waals surface area contributed by atoms with E-state index in [4.69, 9.17) is 5.73 Å². The number of thiazole rings is 1. The van der Waals surface area contributed by atoms with Crippen molar-refractivity contribution in [2.75, 3.05) is 13.1 Å². The first-order chi connectivity index (χ1) is 8.74. The normalized spacial score (nSPS) is 18.1. The van der Waals surface area contributed by atoms with E-state index in [2.05, 4.69) is 11.9 Å². The average molecular weight is 340 g/mol. The van der Waals surface area contributed by atoms with Gasteiger partial charge in [0.2, 0.25) is 5.91 Å². The summed E-state index contributed by atoms with van der Waals surface area (Å²) in [6.07, 6.45) is 4.68. The van der Waals surface area contributed by atoms with Crippen molar-refractivity contribution in [1.82, 2.24) is 9.88 Å². The van der Waals surface area contributed by atoms with E-state index in [0.717, 1.165) is 36.5 Å². The maximum Gasteiger partial charge on any atom is 0.228 e. The first-order valence-corrected chi connectivity index (χ1v) is 7.55. The number of carbonyl (C=O) groups excluding carboxylic acids is 1. The van der Waals surface area contributed by atoms with Crippen LogP contribution in [0.3, 0.4) is 0 Å². The number of hydrogen-bond donors (Lipinski definition) is 1. The average Bonchev–Trinajstić information content (AvgIpc) is 2.86. The van der Waals surface area contributed by atoms with E-state index >= 15 is 0 Å². The Kier molecular flexibility index (Phi) is 9.38. The van der Waals surface area contributed by atoms with Gasteiger partial charge in [0.25, 0.3) is 0 Å². The highest BCUT2D eigenvalue weighted by Crippen LogP contribution is 2.18. The van der Waals surface area contributed by atoms with E-state index in [1.807, 2.05) is 10.3 Å². The smallest absolute Gasteiger partial charge is 0.228 e. The number of rotatable bonds is 4. The number of aromatic nitrogens is 1. The molecule has 0 saturated carbocycles. The molecule has 1 unspecified atom stereocenters. The Morgan fingerprint density at radius 3 is 2.85 bits per heavy atom. The van der Waals surface area contributed by atoms with E-state index in [1.54, 1.807) is 11.3 Å². The van der Waals surface area contributed by atoms with Gasteiger partial charge in [-0.2, -0.15) is 0 Å². The predicted molar refractivity (Wildman–Crippen MR) is 88.1 cm³/mol. The Balaban J connectivity index is 0.00000180. The maximum atomic E-state index is 12.3. The van der Waals surface area contributed by atoms with Crippen molar-refractivity contribution in [2.24, 2.45) is 5.73 Å². The second kappa shape index (κ2) is 9.55. The summed E-state index contributed by atoms with van der Waals surface area (Å²) in [4.78, 5) is 18.7. The van der Waals surface area contributed by atoms with Gasteiger partial charge in [-0.15, -0.1) is 36.2 Å². The zero-order valence-electron chi connectivity index (χ0n) is 11.7. The van der Waals surface area contributed by atoms with Crippen LogP contribution >= 0.6 is 36.2 Å². The van der Waals surface area contributed by atoms with Crippen LogP contribution in [0.25, 0.3) is 0 Å². The molecule has 20 heavy (non-hydrogen) atoms. The summed E-state index contributed by atoms with van der Waals surface area (Å²) in [5.41, 5.74) is 6.65. The number of piperidine rings is 1. The Morgan fingerprint density at radius 1 is 1.50 bits per heavy atom. The van der Waals surface area contributed by atoms with E-state index in [-0.39, 0.29) is 36.8 Å². The molecule has 1 saturated heterocycles. The van der Waals surface area contributed by atoms with Gasteiger partial charge >= 0.3 is 0 Å². The zero-order valence-corrected chi connectivity index (χ0v) is 14.2. The summed E-state index contributed by atoms with van der Waals surface area (Å²) >= 11 is 1.64. The van der Waals surface area contributed by atoms with Crippen molar-refractivity contribution < 1.29 is 4.79 Å². The fourth-order valence-corrected chi connectivity index (χ4v) is 3.17. The molecule has 1 aliphatic rings. The number of hydrogen-bond acceptors (Lipinski definition) is 4. The molecule has 1 atom stereocenters. The van der Waals surface area contributed by atoms with Crippen molar-refractivity contribution >= 4 is 42.1 Å². The Hall–Kier alpha value is -0.360. The number of halogens is 2. The highest BCUT2D eigenvalue weighted by molar-refractivity contribution is 7.09. The van der Waals surface area contributed by atoms with Crippen LogP contribution in [-0.2, 0) is 17.6 Å². The molecule has 7 heteroatoms. The summed E-state index contributed by atoms with van der Waals surface area (Å²) in [5, 5.41) is 3.10. The molecule has 1 fully saturated rings. The molecule has 0 spiro atoms. The lowest BCUT2D eigenvalue weighted by Crippen LogP contribution is -2.48. The third-order valence-corrected chi connectivity index (χ3v) is 4.50. The quantitative estimate of drug-likeness (QED) is 0.916. The number of aryl methyl sites for hydroxylation is 1. The van der Waals surface area contributed by atoms with Crippen molar-refractivity contribution in [2.45, 2.75) is 45.1 Å². The first-order valence-electron chi connectivity index (χ1n) is 6.67. The molecule has 2 heterocycles. The summed E-state index contributed by atoms with van der Waals surface area (Å²) in [5.74, 6) is 0.179. The van der Waals surface area contributed by atoms with Crippen LogP contribution in [0.15, 0.2) is 5.38 Å². The minimum atomic E-state index is 0. The number of amides is 1. The monoisotopic (exact) mass is 339 g/mol.